The summed E-state index contributed by atoms with van der Waals surface area (Å²) in [7, 11) is 2.10. The Morgan fingerprint density at radius 2 is 2.08 bits per heavy atom. The third-order valence-electron chi connectivity index (χ3n) is 4.10. The number of pyridine rings is 1. The zero-order valence-corrected chi connectivity index (χ0v) is 15.4. The van der Waals surface area contributed by atoms with Crippen molar-refractivity contribution < 1.29 is 13.9 Å². The van der Waals surface area contributed by atoms with E-state index in [0.29, 0.717) is 17.3 Å². The van der Waals surface area contributed by atoms with Crippen LogP contribution in [-0.4, -0.2) is 42.0 Å². The molecule has 132 valence electrons. The predicted octanol–water partition coefficient (Wildman–Crippen LogP) is 3.71. The maximum absolute atomic E-state index is 13.3. The second-order valence-electron chi connectivity index (χ2n) is 6.06. The molecule has 1 aromatic heterocycles. The van der Waals surface area contributed by atoms with Crippen LogP contribution in [-0.2, 0) is 0 Å². The topological polar surface area (TPSA) is 54.5 Å². The zero-order valence-electron chi connectivity index (χ0n) is 13.8. The molecule has 1 aliphatic rings. The molecule has 0 bridgehead atoms. The van der Waals surface area contributed by atoms with E-state index in [1.54, 1.807) is 18.2 Å². The maximum Gasteiger partial charge on any atom is 0.256 e. The number of halogens is 2. The standard InChI is InChI=1S/C18H19BrFN3O2/c1-23-9-7-13(8-10-23)25-17-4-2-3-16(21-17)22-18(24)12-5-6-15(20)14(19)11-12/h2-6,11,13H,7-10H2,1H3,(H,21,22,24). The van der Waals surface area contributed by atoms with Crippen molar-refractivity contribution in [1.82, 2.24) is 9.88 Å². The summed E-state index contributed by atoms with van der Waals surface area (Å²) in [6.45, 7) is 2.00. The van der Waals surface area contributed by atoms with Gasteiger partial charge in [-0.2, -0.15) is 4.98 Å². The van der Waals surface area contributed by atoms with Gasteiger partial charge in [-0.1, -0.05) is 6.07 Å². The quantitative estimate of drug-likeness (QED) is 0.838. The van der Waals surface area contributed by atoms with Gasteiger partial charge in [-0.05, 0) is 60.1 Å². The minimum absolute atomic E-state index is 0.141. The second kappa shape index (κ2) is 7.93. The molecule has 0 spiro atoms. The number of aromatic nitrogens is 1. The Hall–Kier alpha value is -1.99. The summed E-state index contributed by atoms with van der Waals surface area (Å²) >= 11 is 3.08. The maximum atomic E-state index is 13.3. The Balaban J connectivity index is 1.64. The molecular formula is C18H19BrFN3O2. The average molecular weight is 408 g/mol. The van der Waals surface area contributed by atoms with Gasteiger partial charge in [0.1, 0.15) is 17.7 Å². The average Bonchev–Trinajstić information content (AvgIpc) is 2.59. The van der Waals surface area contributed by atoms with Crippen LogP contribution in [0.15, 0.2) is 40.9 Å². The smallest absolute Gasteiger partial charge is 0.256 e. The highest BCUT2D eigenvalue weighted by Gasteiger charge is 2.18. The first-order chi connectivity index (χ1) is 12.0. The van der Waals surface area contributed by atoms with Crippen molar-refractivity contribution in [2.24, 2.45) is 0 Å². The van der Waals surface area contributed by atoms with Gasteiger partial charge in [0.2, 0.25) is 5.88 Å². The van der Waals surface area contributed by atoms with Crippen LogP contribution < -0.4 is 10.1 Å². The number of likely N-dealkylation sites (tertiary alicyclic amines) is 1. The lowest BCUT2D eigenvalue weighted by Crippen LogP contribution is -2.35. The van der Waals surface area contributed by atoms with Gasteiger partial charge in [0, 0.05) is 24.7 Å². The van der Waals surface area contributed by atoms with E-state index in [-0.39, 0.29) is 16.5 Å². The number of carbonyl (C=O) groups is 1. The van der Waals surface area contributed by atoms with Gasteiger partial charge in [0.05, 0.1) is 4.47 Å². The number of anilines is 1. The normalized spacial score (nSPS) is 15.8. The van der Waals surface area contributed by atoms with Gasteiger partial charge in [-0.15, -0.1) is 0 Å². The number of nitrogens with zero attached hydrogens (tertiary/aromatic N) is 2. The first-order valence-corrected chi connectivity index (χ1v) is 8.89. The van der Waals surface area contributed by atoms with Crippen molar-refractivity contribution in [3.8, 4) is 5.88 Å². The fourth-order valence-electron chi connectivity index (χ4n) is 2.65. The SMILES string of the molecule is CN1CCC(Oc2cccc(NC(=O)c3ccc(F)c(Br)c3)n2)CC1. The third kappa shape index (κ3) is 4.76. The first-order valence-electron chi connectivity index (χ1n) is 8.10. The highest BCUT2D eigenvalue weighted by atomic mass is 79.9. The van der Waals surface area contributed by atoms with Crippen LogP contribution in [0, 0.1) is 5.82 Å². The zero-order chi connectivity index (χ0) is 17.8. The molecule has 1 amide bonds. The van der Waals surface area contributed by atoms with E-state index < -0.39 is 5.82 Å². The molecule has 25 heavy (non-hydrogen) atoms. The molecule has 2 aromatic rings. The van der Waals surface area contributed by atoms with Crippen LogP contribution >= 0.6 is 15.9 Å². The molecule has 1 fully saturated rings. The van der Waals surface area contributed by atoms with Gasteiger partial charge in [0.25, 0.3) is 5.91 Å². The van der Waals surface area contributed by atoms with E-state index in [2.05, 4.69) is 38.2 Å². The van der Waals surface area contributed by atoms with E-state index in [9.17, 15) is 9.18 Å². The Kier molecular flexibility index (Phi) is 5.65. The highest BCUT2D eigenvalue weighted by molar-refractivity contribution is 9.10. The number of amides is 1. The first kappa shape index (κ1) is 17.8. The lowest BCUT2D eigenvalue weighted by Gasteiger charge is -2.28. The lowest BCUT2D eigenvalue weighted by molar-refractivity contribution is 0.102. The van der Waals surface area contributed by atoms with Crippen molar-refractivity contribution in [1.29, 1.82) is 0 Å². The van der Waals surface area contributed by atoms with Gasteiger partial charge in [-0.3, -0.25) is 4.79 Å². The van der Waals surface area contributed by atoms with Crippen LogP contribution in [0.25, 0.3) is 0 Å². The molecule has 2 heterocycles. The fourth-order valence-corrected chi connectivity index (χ4v) is 3.03. The third-order valence-corrected chi connectivity index (χ3v) is 4.71. The number of benzene rings is 1. The summed E-state index contributed by atoms with van der Waals surface area (Å²) in [5, 5.41) is 2.71. The molecule has 3 rings (SSSR count). The molecule has 1 N–H and O–H groups in total. The van der Waals surface area contributed by atoms with Crippen molar-refractivity contribution in [3.05, 3.63) is 52.3 Å². The highest BCUT2D eigenvalue weighted by Crippen LogP contribution is 2.20. The molecule has 0 saturated carbocycles. The van der Waals surface area contributed by atoms with Crippen LogP contribution in [0.2, 0.25) is 0 Å². The second-order valence-corrected chi connectivity index (χ2v) is 6.92. The summed E-state index contributed by atoms with van der Waals surface area (Å²) in [6, 6.07) is 9.36. The van der Waals surface area contributed by atoms with E-state index in [1.807, 2.05) is 0 Å². The molecule has 5 nitrogen and oxygen atoms in total. The van der Waals surface area contributed by atoms with E-state index in [0.717, 1.165) is 25.9 Å². The van der Waals surface area contributed by atoms with Gasteiger partial charge in [-0.25, -0.2) is 4.39 Å². The minimum atomic E-state index is -0.414. The number of rotatable bonds is 4. The fraction of sp³-hybridized carbons (Fsp3) is 0.333. The molecule has 0 atom stereocenters. The molecule has 7 heteroatoms. The molecule has 0 unspecified atom stereocenters. The number of hydrogen-bond acceptors (Lipinski definition) is 4. The van der Waals surface area contributed by atoms with Gasteiger partial charge in [0.15, 0.2) is 0 Å². The van der Waals surface area contributed by atoms with Crippen molar-refractivity contribution in [3.63, 3.8) is 0 Å². The molecule has 1 saturated heterocycles. The van der Waals surface area contributed by atoms with Crippen molar-refractivity contribution in [2.75, 3.05) is 25.5 Å². The molecule has 1 aromatic carbocycles. The Morgan fingerprint density at radius 3 is 2.80 bits per heavy atom. The van der Waals surface area contributed by atoms with E-state index in [1.165, 1.54) is 18.2 Å². The lowest BCUT2D eigenvalue weighted by atomic mass is 10.1. The van der Waals surface area contributed by atoms with E-state index in [4.69, 9.17) is 4.74 Å². The Labute approximate surface area is 154 Å². The minimum Gasteiger partial charge on any atom is -0.474 e. The van der Waals surface area contributed by atoms with Crippen molar-refractivity contribution in [2.45, 2.75) is 18.9 Å². The molecule has 1 aliphatic heterocycles. The summed E-state index contributed by atoms with van der Waals surface area (Å²) in [6.07, 6.45) is 2.05. The van der Waals surface area contributed by atoms with Crippen molar-refractivity contribution >= 4 is 27.7 Å². The van der Waals surface area contributed by atoms with Crippen LogP contribution in [0.3, 0.4) is 0 Å². The summed E-state index contributed by atoms with van der Waals surface area (Å²) in [5.41, 5.74) is 0.344. The number of ether oxygens (including phenoxy) is 1. The van der Waals surface area contributed by atoms with Crippen LogP contribution in [0.5, 0.6) is 5.88 Å². The van der Waals surface area contributed by atoms with Gasteiger partial charge >= 0.3 is 0 Å². The van der Waals surface area contributed by atoms with E-state index >= 15 is 0 Å². The Morgan fingerprint density at radius 1 is 1.32 bits per heavy atom. The number of piperidine rings is 1. The predicted molar refractivity (Wildman–Crippen MR) is 97.4 cm³/mol. The molecule has 0 aliphatic carbocycles. The van der Waals surface area contributed by atoms with Crippen LogP contribution in [0.1, 0.15) is 23.2 Å². The van der Waals surface area contributed by atoms with Crippen LogP contribution in [0.4, 0.5) is 10.2 Å². The summed E-state index contributed by atoms with van der Waals surface area (Å²) in [4.78, 5) is 18.9. The number of carbonyl (C=O) groups excluding carboxylic acids is 1. The summed E-state index contributed by atoms with van der Waals surface area (Å²) in [5.74, 6) is 0.122. The molecular weight excluding hydrogens is 389 g/mol. The largest absolute Gasteiger partial charge is 0.474 e. The monoisotopic (exact) mass is 407 g/mol. The Bertz CT molecular complexity index is 764. The number of hydrogen-bond donors (Lipinski definition) is 1. The van der Waals surface area contributed by atoms with Gasteiger partial charge < -0.3 is 15.0 Å². The molecule has 0 radical (unpaired) electrons. The summed E-state index contributed by atoms with van der Waals surface area (Å²) < 4.78 is 19.4. The number of nitrogens with one attached hydrogen (secondary N) is 1.